The van der Waals surface area contributed by atoms with E-state index in [0.717, 1.165) is 28.1 Å². The first-order valence-corrected chi connectivity index (χ1v) is 10.5. The van der Waals surface area contributed by atoms with E-state index in [1.54, 1.807) is 19.1 Å². The third kappa shape index (κ3) is 4.01. The van der Waals surface area contributed by atoms with E-state index in [4.69, 9.17) is 16.3 Å². The second-order valence-electron chi connectivity index (χ2n) is 6.73. The number of aromatic hydroxyl groups is 1. The molecule has 0 aromatic heterocycles. The van der Waals surface area contributed by atoms with Crippen molar-refractivity contribution < 1.29 is 19.4 Å². The number of benzene rings is 3. The number of phenolic OH excluding ortho intramolecular Hbond substituents is 1. The van der Waals surface area contributed by atoms with Crippen LogP contribution in [0.1, 0.15) is 18.1 Å². The van der Waals surface area contributed by atoms with Crippen molar-refractivity contribution in [2.24, 2.45) is 0 Å². The van der Waals surface area contributed by atoms with Crippen molar-refractivity contribution in [1.29, 1.82) is 0 Å². The molecule has 0 unspecified atom stereocenters. The van der Waals surface area contributed by atoms with Gasteiger partial charge in [-0.05, 0) is 64.9 Å². The summed E-state index contributed by atoms with van der Waals surface area (Å²) in [6, 6.07) is 16.9. The van der Waals surface area contributed by atoms with E-state index < -0.39 is 0 Å². The van der Waals surface area contributed by atoms with Crippen molar-refractivity contribution in [2.45, 2.75) is 13.5 Å². The quantitative estimate of drug-likeness (QED) is 0.506. The van der Waals surface area contributed by atoms with Crippen LogP contribution in [-0.4, -0.2) is 27.8 Å². The van der Waals surface area contributed by atoms with E-state index in [-0.39, 0.29) is 34.2 Å². The summed E-state index contributed by atoms with van der Waals surface area (Å²) in [5.41, 5.74) is 1.45. The number of nitrogens with zero attached hydrogens (tertiary/aromatic N) is 1. The number of hydrogen-bond donors (Lipinski definition) is 1. The fraction of sp³-hybridized carbons (Fsp3) is 0.130. The van der Waals surface area contributed by atoms with Crippen molar-refractivity contribution in [3.05, 3.63) is 75.7 Å². The molecule has 2 amide bonds. The highest BCUT2D eigenvalue weighted by atomic mass is 35.5. The molecule has 0 radical (unpaired) electrons. The number of carbonyl (C=O) groups is 2. The molecule has 5 nitrogen and oxygen atoms in total. The van der Waals surface area contributed by atoms with Crippen LogP contribution in [0.15, 0.2) is 59.5 Å². The Hall–Kier alpha value is -2.96. The van der Waals surface area contributed by atoms with E-state index in [1.165, 1.54) is 11.0 Å². The van der Waals surface area contributed by atoms with Crippen LogP contribution in [0.4, 0.5) is 4.79 Å². The molecule has 0 bridgehead atoms. The molecule has 3 aromatic carbocycles. The van der Waals surface area contributed by atoms with Gasteiger partial charge in [-0.25, -0.2) is 0 Å². The van der Waals surface area contributed by atoms with Gasteiger partial charge in [0, 0.05) is 0 Å². The van der Waals surface area contributed by atoms with Gasteiger partial charge >= 0.3 is 0 Å². The van der Waals surface area contributed by atoms with E-state index in [1.807, 2.05) is 42.5 Å². The molecule has 0 atom stereocenters. The highest BCUT2D eigenvalue weighted by Crippen LogP contribution is 2.38. The molecule has 3 aromatic rings. The smallest absolute Gasteiger partial charge is 0.293 e. The molecule has 1 saturated heterocycles. The molecule has 152 valence electrons. The van der Waals surface area contributed by atoms with Gasteiger partial charge in [-0.15, -0.1) is 0 Å². The summed E-state index contributed by atoms with van der Waals surface area (Å²) in [5.74, 6) is -0.285. The zero-order chi connectivity index (χ0) is 21.3. The lowest BCUT2D eigenvalue weighted by atomic mass is 10.1. The molecular formula is C23H18ClNO4S. The van der Waals surface area contributed by atoms with Crippen LogP contribution in [0, 0.1) is 0 Å². The molecule has 30 heavy (non-hydrogen) atoms. The lowest BCUT2D eigenvalue weighted by molar-refractivity contribution is -0.123. The van der Waals surface area contributed by atoms with E-state index in [2.05, 4.69) is 0 Å². The molecule has 1 N–H and O–H groups in total. The molecule has 0 aliphatic carbocycles. The maximum Gasteiger partial charge on any atom is 0.293 e. The minimum Gasteiger partial charge on any atom is -0.503 e. The van der Waals surface area contributed by atoms with Gasteiger partial charge in [0.1, 0.15) is 0 Å². The summed E-state index contributed by atoms with van der Waals surface area (Å²) in [6.07, 6.45) is 1.58. The minimum atomic E-state index is -0.361. The summed E-state index contributed by atoms with van der Waals surface area (Å²) in [4.78, 5) is 26.9. The zero-order valence-electron chi connectivity index (χ0n) is 16.1. The van der Waals surface area contributed by atoms with Gasteiger partial charge in [-0.2, -0.15) is 0 Å². The van der Waals surface area contributed by atoms with E-state index in [0.29, 0.717) is 17.1 Å². The number of rotatable bonds is 5. The number of halogens is 1. The summed E-state index contributed by atoms with van der Waals surface area (Å²) >= 11 is 6.94. The molecule has 0 saturated carbocycles. The predicted molar refractivity (Wildman–Crippen MR) is 120 cm³/mol. The maximum atomic E-state index is 12.9. The number of imide groups is 1. The lowest BCUT2D eigenvalue weighted by Gasteiger charge is -2.13. The van der Waals surface area contributed by atoms with Crippen LogP contribution >= 0.6 is 23.4 Å². The van der Waals surface area contributed by atoms with Crippen LogP contribution in [-0.2, 0) is 11.3 Å². The van der Waals surface area contributed by atoms with Gasteiger partial charge in [0.15, 0.2) is 11.5 Å². The normalized spacial score (nSPS) is 15.4. The second kappa shape index (κ2) is 8.42. The highest BCUT2D eigenvalue weighted by molar-refractivity contribution is 8.18. The molecule has 1 aliphatic rings. The molecule has 1 aliphatic heterocycles. The fourth-order valence-corrected chi connectivity index (χ4v) is 4.31. The van der Waals surface area contributed by atoms with Crippen LogP contribution in [0.3, 0.4) is 0 Å². The Balaban J connectivity index is 1.59. The summed E-state index contributed by atoms with van der Waals surface area (Å²) in [7, 11) is 0. The van der Waals surface area contributed by atoms with Crippen molar-refractivity contribution in [3.63, 3.8) is 0 Å². The van der Waals surface area contributed by atoms with E-state index >= 15 is 0 Å². The van der Waals surface area contributed by atoms with Gasteiger partial charge in [-0.3, -0.25) is 14.5 Å². The largest absolute Gasteiger partial charge is 0.503 e. The molecule has 4 rings (SSSR count). The molecule has 0 spiro atoms. The molecular weight excluding hydrogens is 422 g/mol. The highest BCUT2D eigenvalue weighted by Gasteiger charge is 2.35. The van der Waals surface area contributed by atoms with Gasteiger partial charge in [0.25, 0.3) is 11.1 Å². The number of fused-ring (bicyclic) bond motifs is 1. The topological polar surface area (TPSA) is 66.8 Å². The van der Waals surface area contributed by atoms with Crippen LogP contribution < -0.4 is 4.74 Å². The Morgan fingerprint density at radius 2 is 1.87 bits per heavy atom. The fourth-order valence-electron chi connectivity index (χ4n) is 3.25. The first kappa shape index (κ1) is 20.3. The molecule has 7 heteroatoms. The summed E-state index contributed by atoms with van der Waals surface area (Å²) in [5, 5.41) is 11.9. The number of thioether (sulfide) groups is 1. The SMILES string of the molecule is CCOc1cc(/C=C2\SC(=O)N(Cc3ccc4ccccc4c3)C2=O)cc(Cl)c1O. The lowest BCUT2D eigenvalue weighted by Crippen LogP contribution is -2.27. The van der Waals surface area contributed by atoms with Crippen LogP contribution in [0.2, 0.25) is 5.02 Å². The van der Waals surface area contributed by atoms with Crippen molar-refractivity contribution in [3.8, 4) is 11.5 Å². The van der Waals surface area contributed by atoms with Gasteiger partial charge in [-0.1, -0.05) is 48.0 Å². The molecule has 1 heterocycles. The Morgan fingerprint density at radius 3 is 2.63 bits per heavy atom. The number of phenols is 1. The summed E-state index contributed by atoms with van der Waals surface area (Å²) < 4.78 is 5.37. The number of ether oxygens (including phenoxy) is 1. The number of hydrogen-bond acceptors (Lipinski definition) is 5. The third-order valence-electron chi connectivity index (χ3n) is 4.68. The minimum absolute atomic E-state index is 0.114. The van der Waals surface area contributed by atoms with Gasteiger partial charge < -0.3 is 9.84 Å². The Kier molecular flexibility index (Phi) is 5.70. The summed E-state index contributed by atoms with van der Waals surface area (Å²) in [6.45, 7) is 2.35. The predicted octanol–water partition coefficient (Wildman–Crippen LogP) is 5.83. The number of amides is 2. The Morgan fingerprint density at radius 1 is 1.10 bits per heavy atom. The Bertz CT molecular complexity index is 1190. The monoisotopic (exact) mass is 439 g/mol. The van der Waals surface area contributed by atoms with Crippen LogP contribution in [0.25, 0.3) is 16.8 Å². The average Bonchev–Trinajstić information content (AvgIpc) is 2.99. The second-order valence-corrected chi connectivity index (χ2v) is 8.13. The van der Waals surface area contributed by atoms with Gasteiger partial charge in [0.05, 0.1) is 23.1 Å². The van der Waals surface area contributed by atoms with Crippen molar-refractivity contribution in [2.75, 3.05) is 6.61 Å². The Labute approximate surface area is 182 Å². The standard InChI is InChI=1S/C23H18ClNO4S/c1-2-29-19-11-15(10-18(24)21(19)26)12-20-22(27)25(23(28)30-20)13-14-7-8-16-5-3-4-6-17(16)9-14/h3-12,26H,2,13H2,1H3/b20-12-. The third-order valence-corrected chi connectivity index (χ3v) is 5.87. The van der Waals surface area contributed by atoms with Crippen molar-refractivity contribution >= 4 is 51.4 Å². The first-order valence-electron chi connectivity index (χ1n) is 9.34. The van der Waals surface area contributed by atoms with Crippen molar-refractivity contribution in [1.82, 2.24) is 4.90 Å². The maximum absolute atomic E-state index is 12.9. The first-order chi connectivity index (χ1) is 14.5. The number of carbonyl (C=O) groups excluding carboxylic acids is 2. The zero-order valence-corrected chi connectivity index (χ0v) is 17.7. The van der Waals surface area contributed by atoms with Gasteiger partial charge in [0.2, 0.25) is 0 Å². The van der Waals surface area contributed by atoms with E-state index in [9.17, 15) is 14.7 Å². The molecule has 1 fully saturated rings. The van der Waals surface area contributed by atoms with Crippen LogP contribution in [0.5, 0.6) is 11.5 Å². The average molecular weight is 440 g/mol.